The number of amides is 2. The molecule has 1 saturated carbocycles. The van der Waals surface area contributed by atoms with Crippen molar-refractivity contribution in [1.29, 1.82) is 0 Å². The second kappa shape index (κ2) is 14.2. The lowest BCUT2D eigenvalue weighted by Crippen LogP contribution is -2.54. The van der Waals surface area contributed by atoms with Gasteiger partial charge in [-0.1, -0.05) is 73.0 Å². The molecule has 44 heavy (non-hydrogen) atoms. The average molecular weight is 620 g/mol. The molecule has 10 heteroatoms. The SMILES string of the molecule is CCS(=O)(=O)N(CC(=O)N(Cc1ccc(C)cc1)[C@H](Cc1ccccc1)C(=O)NC1CCCC1)c1ccc2c(c1)OCCO2. The summed E-state index contributed by atoms with van der Waals surface area (Å²) in [4.78, 5) is 29.9. The Morgan fingerprint density at radius 2 is 1.59 bits per heavy atom. The van der Waals surface area contributed by atoms with Crippen molar-refractivity contribution in [2.24, 2.45) is 0 Å². The third kappa shape index (κ3) is 7.72. The Morgan fingerprint density at radius 3 is 2.27 bits per heavy atom. The molecule has 9 nitrogen and oxygen atoms in total. The Balaban J connectivity index is 1.51. The highest BCUT2D eigenvalue weighted by atomic mass is 32.2. The number of rotatable bonds is 12. The van der Waals surface area contributed by atoms with E-state index in [1.165, 1.54) is 4.90 Å². The van der Waals surface area contributed by atoms with E-state index >= 15 is 0 Å². The van der Waals surface area contributed by atoms with E-state index in [0.717, 1.165) is 46.7 Å². The Morgan fingerprint density at radius 1 is 0.909 bits per heavy atom. The van der Waals surface area contributed by atoms with Crippen LogP contribution in [0.2, 0.25) is 0 Å². The van der Waals surface area contributed by atoms with Gasteiger partial charge in [-0.2, -0.15) is 0 Å². The Labute approximate surface area is 260 Å². The highest BCUT2D eigenvalue weighted by molar-refractivity contribution is 7.92. The van der Waals surface area contributed by atoms with Crippen molar-refractivity contribution in [2.45, 2.75) is 64.6 Å². The number of ether oxygens (including phenoxy) is 2. The second-order valence-electron chi connectivity index (χ2n) is 11.4. The van der Waals surface area contributed by atoms with E-state index in [1.807, 2.05) is 61.5 Å². The van der Waals surface area contributed by atoms with E-state index in [2.05, 4.69) is 5.32 Å². The third-order valence-electron chi connectivity index (χ3n) is 8.24. The van der Waals surface area contributed by atoms with Gasteiger partial charge in [0.1, 0.15) is 25.8 Å². The molecule has 0 bridgehead atoms. The monoisotopic (exact) mass is 619 g/mol. The van der Waals surface area contributed by atoms with Gasteiger partial charge in [-0.25, -0.2) is 8.42 Å². The number of hydrogen-bond donors (Lipinski definition) is 1. The summed E-state index contributed by atoms with van der Waals surface area (Å²) >= 11 is 0. The number of fused-ring (bicyclic) bond motifs is 1. The van der Waals surface area contributed by atoms with Crippen molar-refractivity contribution in [1.82, 2.24) is 10.2 Å². The molecule has 0 unspecified atom stereocenters. The van der Waals surface area contributed by atoms with Gasteiger partial charge in [-0.05, 0) is 49.9 Å². The summed E-state index contributed by atoms with van der Waals surface area (Å²) in [6, 6.07) is 21.5. The minimum absolute atomic E-state index is 0.0618. The molecular weight excluding hydrogens is 578 g/mol. The smallest absolute Gasteiger partial charge is 0.244 e. The van der Waals surface area contributed by atoms with Crippen LogP contribution in [0.4, 0.5) is 5.69 Å². The van der Waals surface area contributed by atoms with E-state index in [1.54, 1.807) is 25.1 Å². The van der Waals surface area contributed by atoms with Crippen molar-refractivity contribution in [3.05, 3.63) is 89.5 Å². The molecule has 0 aromatic heterocycles. The molecular formula is C34H41N3O6S. The van der Waals surface area contributed by atoms with Crippen LogP contribution in [0.15, 0.2) is 72.8 Å². The Kier molecular flexibility index (Phi) is 10.1. The topological polar surface area (TPSA) is 105 Å². The first-order valence-corrected chi connectivity index (χ1v) is 16.9. The molecule has 3 aromatic carbocycles. The average Bonchev–Trinajstić information content (AvgIpc) is 3.55. The van der Waals surface area contributed by atoms with Crippen LogP contribution >= 0.6 is 0 Å². The molecule has 2 amide bonds. The van der Waals surface area contributed by atoms with Crippen LogP contribution in [-0.4, -0.2) is 62.7 Å². The van der Waals surface area contributed by atoms with Crippen LogP contribution in [0, 0.1) is 6.92 Å². The number of aryl methyl sites for hydroxylation is 1. The molecule has 5 rings (SSSR count). The van der Waals surface area contributed by atoms with Crippen LogP contribution in [0.3, 0.4) is 0 Å². The molecule has 234 valence electrons. The van der Waals surface area contributed by atoms with Gasteiger partial charge in [0.15, 0.2) is 11.5 Å². The lowest BCUT2D eigenvalue weighted by atomic mass is 10.0. The zero-order chi connectivity index (χ0) is 31.1. The van der Waals surface area contributed by atoms with Crippen LogP contribution in [0.5, 0.6) is 11.5 Å². The van der Waals surface area contributed by atoms with Crippen LogP contribution in [0.25, 0.3) is 0 Å². The molecule has 2 aliphatic rings. The van der Waals surface area contributed by atoms with Crippen molar-refractivity contribution in [3.63, 3.8) is 0 Å². The molecule has 0 saturated heterocycles. The quantitative estimate of drug-likeness (QED) is 0.317. The second-order valence-corrected chi connectivity index (χ2v) is 13.6. The molecule has 0 spiro atoms. The van der Waals surface area contributed by atoms with Crippen molar-refractivity contribution < 1.29 is 27.5 Å². The fourth-order valence-corrected chi connectivity index (χ4v) is 6.77. The van der Waals surface area contributed by atoms with Gasteiger partial charge in [-0.3, -0.25) is 13.9 Å². The van der Waals surface area contributed by atoms with E-state index in [9.17, 15) is 18.0 Å². The fraction of sp³-hybridized carbons (Fsp3) is 0.412. The summed E-state index contributed by atoms with van der Waals surface area (Å²) in [5.41, 5.74) is 3.13. The van der Waals surface area contributed by atoms with Crippen molar-refractivity contribution in [2.75, 3.05) is 29.8 Å². The number of benzene rings is 3. The van der Waals surface area contributed by atoms with Gasteiger partial charge in [0.25, 0.3) is 0 Å². The molecule has 1 atom stereocenters. The van der Waals surface area contributed by atoms with E-state index in [0.29, 0.717) is 36.8 Å². The van der Waals surface area contributed by atoms with E-state index < -0.39 is 28.5 Å². The van der Waals surface area contributed by atoms with E-state index in [-0.39, 0.29) is 24.2 Å². The summed E-state index contributed by atoms with van der Waals surface area (Å²) in [6.07, 6.45) is 4.21. The summed E-state index contributed by atoms with van der Waals surface area (Å²) in [6.45, 7) is 3.96. The predicted octanol–water partition coefficient (Wildman–Crippen LogP) is 4.62. The number of nitrogens with one attached hydrogen (secondary N) is 1. The molecule has 1 fully saturated rings. The number of carbonyl (C=O) groups is 2. The van der Waals surface area contributed by atoms with Crippen LogP contribution in [-0.2, 0) is 32.6 Å². The van der Waals surface area contributed by atoms with Crippen LogP contribution in [0.1, 0.15) is 49.3 Å². The van der Waals surface area contributed by atoms with Gasteiger partial charge < -0.3 is 19.7 Å². The number of sulfonamides is 1. The summed E-state index contributed by atoms with van der Waals surface area (Å²) in [7, 11) is -3.88. The predicted molar refractivity (Wildman–Crippen MR) is 170 cm³/mol. The summed E-state index contributed by atoms with van der Waals surface area (Å²) in [5.74, 6) is 0.0347. The lowest BCUT2D eigenvalue weighted by Gasteiger charge is -2.34. The maximum absolute atomic E-state index is 14.4. The standard InChI is InChI=1S/C34H41N3O6S/c1-3-44(40,41)37(29-17-18-31-32(22-29)43-20-19-42-31)24-33(38)36(23-27-15-13-25(2)14-16-27)30(21-26-9-5-4-6-10-26)34(39)35-28-11-7-8-12-28/h4-6,9-10,13-18,22,28,30H,3,7-8,11-12,19-21,23-24H2,1-2H3,(H,35,39)/t30-/m1/s1. The third-order valence-corrected chi connectivity index (χ3v) is 9.98. The van der Waals surface area contributed by atoms with Crippen molar-refractivity contribution in [3.8, 4) is 11.5 Å². The molecule has 1 aliphatic carbocycles. The Bertz CT molecular complexity index is 1540. The maximum atomic E-state index is 14.4. The van der Waals surface area contributed by atoms with Gasteiger partial charge >= 0.3 is 0 Å². The van der Waals surface area contributed by atoms with Gasteiger partial charge in [-0.15, -0.1) is 0 Å². The number of hydrogen-bond acceptors (Lipinski definition) is 6. The van der Waals surface area contributed by atoms with Gasteiger partial charge in [0.05, 0.1) is 11.4 Å². The van der Waals surface area contributed by atoms with Gasteiger partial charge in [0, 0.05) is 25.1 Å². The highest BCUT2D eigenvalue weighted by Gasteiger charge is 2.35. The zero-order valence-electron chi connectivity index (χ0n) is 25.4. The van der Waals surface area contributed by atoms with Gasteiger partial charge in [0.2, 0.25) is 21.8 Å². The van der Waals surface area contributed by atoms with E-state index in [4.69, 9.17) is 9.47 Å². The molecule has 1 N–H and O–H groups in total. The normalized spacial score (nSPS) is 15.4. The highest BCUT2D eigenvalue weighted by Crippen LogP contribution is 2.35. The summed E-state index contributed by atoms with van der Waals surface area (Å²) < 4.78 is 39.3. The summed E-state index contributed by atoms with van der Waals surface area (Å²) in [5, 5.41) is 3.19. The number of carbonyl (C=O) groups excluding carboxylic acids is 2. The number of anilines is 1. The first kappa shape index (κ1) is 31.4. The Hall–Kier alpha value is -4.05. The van der Waals surface area contributed by atoms with Crippen molar-refractivity contribution >= 4 is 27.5 Å². The fourth-order valence-electron chi connectivity index (χ4n) is 5.72. The lowest BCUT2D eigenvalue weighted by molar-refractivity contribution is -0.140. The molecule has 3 aromatic rings. The molecule has 1 aliphatic heterocycles. The molecule has 1 heterocycles. The minimum Gasteiger partial charge on any atom is -0.486 e. The zero-order valence-corrected chi connectivity index (χ0v) is 26.2. The first-order valence-electron chi connectivity index (χ1n) is 15.3. The van der Waals surface area contributed by atoms with Crippen LogP contribution < -0.4 is 19.1 Å². The first-order chi connectivity index (χ1) is 21.2. The largest absolute Gasteiger partial charge is 0.486 e. The number of nitrogens with zero attached hydrogens (tertiary/aromatic N) is 2. The minimum atomic E-state index is -3.88. The molecule has 0 radical (unpaired) electrons. The maximum Gasteiger partial charge on any atom is 0.244 e.